The second-order valence-corrected chi connectivity index (χ2v) is 11.4. The fourth-order valence-electron chi connectivity index (χ4n) is 5.51. The molecule has 0 aliphatic carbocycles. The van der Waals surface area contributed by atoms with Gasteiger partial charge in [-0.1, -0.05) is 29.3 Å². The van der Waals surface area contributed by atoms with Crippen LogP contribution in [0.25, 0.3) is 10.9 Å². The first kappa shape index (κ1) is 29.0. The van der Waals surface area contributed by atoms with Gasteiger partial charge < -0.3 is 21.4 Å². The first-order chi connectivity index (χ1) is 20.8. The number of nitrogens with zero attached hydrogens (tertiary/aromatic N) is 3. The van der Waals surface area contributed by atoms with E-state index in [0.717, 1.165) is 42.8 Å². The SMILES string of the molecule is Cc1cc(F)ccc1C(Nc1cc(Cl)c2ncc(C#N)c(Nc3ccc(F)c(Cl)c3)c2c1)C1=CN(C2CCNCC2)NN1. The van der Waals surface area contributed by atoms with E-state index in [1.807, 2.05) is 19.2 Å². The highest BCUT2D eigenvalue weighted by molar-refractivity contribution is 6.36. The first-order valence-corrected chi connectivity index (χ1v) is 14.6. The second kappa shape index (κ2) is 12.2. The number of halogens is 4. The Hall–Kier alpha value is -4.14. The van der Waals surface area contributed by atoms with Crippen molar-refractivity contribution in [1.82, 2.24) is 26.3 Å². The highest BCUT2D eigenvalue weighted by Gasteiger charge is 2.28. The van der Waals surface area contributed by atoms with Crippen molar-refractivity contribution in [2.75, 3.05) is 23.7 Å². The van der Waals surface area contributed by atoms with E-state index in [0.29, 0.717) is 39.0 Å². The van der Waals surface area contributed by atoms with E-state index in [1.54, 1.807) is 12.1 Å². The topological polar surface area (TPSA) is 100 Å². The van der Waals surface area contributed by atoms with Crippen molar-refractivity contribution >= 4 is 51.2 Å². The Labute approximate surface area is 257 Å². The summed E-state index contributed by atoms with van der Waals surface area (Å²) in [7, 11) is 0. The summed E-state index contributed by atoms with van der Waals surface area (Å²) >= 11 is 12.8. The van der Waals surface area contributed by atoms with Gasteiger partial charge in [-0.15, -0.1) is 5.53 Å². The van der Waals surface area contributed by atoms with Crippen molar-refractivity contribution in [2.45, 2.75) is 31.8 Å². The van der Waals surface area contributed by atoms with Crippen LogP contribution in [-0.4, -0.2) is 29.1 Å². The van der Waals surface area contributed by atoms with Gasteiger partial charge in [0, 0.05) is 35.2 Å². The van der Waals surface area contributed by atoms with Crippen LogP contribution in [0.4, 0.5) is 25.8 Å². The third-order valence-corrected chi connectivity index (χ3v) is 8.29. The number of benzene rings is 3. The van der Waals surface area contributed by atoms with Crippen LogP contribution < -0.4 is 26.9 Å². The molecule has 2 aliphatic heterocycles. The summed E-state index contributed by atoms with van der Waals surface area (Å²) in [6.07, 6.45) is 5.47. The second-order valence-electron chi connectivity index (χ2n) is 10.6. The Bertz CT molecular complexity index is 1770. The number of aromatic nitrogens is 1. The fourth-order valence-corrected chi connectivity index (χ4v) is 5.95. The zero-order valence-corrected chi connectivity index (χ0v) is 24.6. The number of hydrogen-bond acceptors (Lipinski definition) is 8. The average Bonchev–Trinajstić information content (AvgIpc) is 3.49. The van der Waals surface area contributed by atoms with E-state index in [2.05, 4.69) is 43.0 Å². The van der Waals surface area contributed by atoms with Gasteiger partial charge in [-0.25, -0.2) is 8.78 Å². The molecule has 43 heavy (non-hydrogen) atoms. The molecule has 0 saturated carbocycles. The zero-order chi connectivity index (χ0) is 30.1. The van der Waals surface area contributed by atoms with Gasteiger partial charge in [0.25, 0.3) is 0 Å². The normalized spacial score (nSPS) is 16.0. The molecule has 5 N–H and O–H groups in total. The summed E-state index contributed by atoms with van der Waals surface area (Å²) in [4.78, 5) is 4.43. The van der Waals surface area contributed by atoms with Gasteiger partial charge in [-0.3, -0.25) is 9.99 Å². The summed E-state index contributed by atoms with van der Waals surface area (Å²) in [5, 5.41) is 23.0. The fraction of sp³-hybridized carbons (Fsp3) is 0.226. The van der Waals surface area contributed by atoms with E-state index < -0.39 is 11.9 Å². The Kier molecular flexibility index (Phi) is 8.23. The van der Waals surface area contributed by atoms with E-state index in [9.17, 15) is 14.0 Å². The Morgan fingerprint density at radius 3 is 2.58 bits per heavy atom. The maximum Gasteiger partial charge on any atom is 0.141 e. The molecule has 1 fully saturated rings. The molecule has 6 rings (SSSR count). The van der Waals surface area contributed by atoms with Crippen molar-refractivity contribution in [1.29, 1.82) is 5.26 Å². The number of nitriles is 1. The number of hydrogen-bond donors (Lipinski definition) is 5. The van der Waals surface area contributed by atoms with Crippen LogP contribution in [0.1, 0.15) is 35.6 Å². The molecule has 0 amide bonds. The summed E-state index contributed by atoms with van der Waals surface area (Å²) < 4.78 is 27.9. The molecule has 8 nitrogen and oxygen atoms in total. The maximum absolute atomic E-state index is 14.1. The van der Waals surface area contributed by atoms with Crippen molar-refractivity contribution in [3.63, 3.8) is 0 Å². The standard InChI is InChI=1S/C31H28Cl2F2N8/c1-17-10-19(34)2-4-23(17)31(28-16-43(42-41-28)22-6-8-37-9-7-22)40-21-11-24-29(39-20-3-5-27(35)25(32)12-20)18(14-36)15-38-30(24)26(33)13-21/h2-5,10-13,15-16,22,31,37,40-42H,6-9H2,1H3,(H,38,39). The highest BCUT2D eigenvalue weighted by Crippen LogP contribution is 2.38. The number of pyridine rings is 1. The van der Waals surface area contributed by atoms with Gasteiger partial charge in [0.15, 0.2) is 0 Å². The predicted octanol–water partition coefficient (Wildman–Crippen LogP) is 6.81. The van der Waals surface area contributed by atoms with E-state index in [-0.39, 0.29) is 16.4 Å². The summed E-state index contributed by atoms with van der Waals surface area (Å²) in [6.45, 7) is 3.76. The zero-order valence-electron chi connectivity index (χ0n) is 23.1. The smallest absolute Gasteiger partial charge is 0.141 e. The van der Waals surface area contributed by atoms with Crippen molar-refractivity contribution in [3.8, 4) is 6.07 Å². The molecule has 1 aromatic heterocycles. The molecule has 0 radical (unpaired) electrons. The lowest BCUT2D eigenvalue weighted by Crippen LogP contribution is -2.47. The number of fused-ring (bicyclic) bond motifs is 1. The maximum atomic E-state index is 14.1. The molecular formula is C31H28Cl2F2N8. The van der Waals surface area contributed by atoms with Crippen molar-refractivity contribution in [2.24, 2.45) is 0 Å². The number of hydrazine groups is 2. The number of piperidine rings is 1. The minimum absolute atomic E-state index is 0.0516. The minimum Gasteiger partial charge on any atom is -0.373 e. The molecule has 12 heteroatoms. The lowest BCUT2D eigenvalue weighted by Gasteiger charge is -2.30. The molecule has 220 valence electrons. The lowest BCUT2D eigenvalue weighted by molar-refractivity contribution is 0.162. The predicted molar refractivity (Wildman–Crippen MR) is 166 cm³/mol. The largest absolute Gasteiger partial charge is 0.373 e. The average molecular weight is 622 g/mol. The first-order valence-electron chi connectivity index (χ1n) is 13.8. The van der Waals surface area contributed by atoms with E-state index in [4.69, 9.17) is 23.2 Å². The summed E-state index contributed by atoms with van der Waals surface area (Å²) in [5.74, 6) is -0.865. The van der Waals surface area contributed by atoms with Crippen LogP contribution in [0.15, 0.2) is 66.6 Å². The molecule has 3 aromatic carbocycles. The summed E-state index contributed by atoms with van der Waals surface area (Å²) in [6, 6.07) is 14.6. The third kappa shape index (κ3) is 6.03. The van der Waals surface area contributed by atoms with Crippen LogP contribution in [0, 0.1) is 29.9 Å². The van der Waals surface area contributed by atoms with Crippen LogP contribution in [-0.2, 0) is 0 Å². The molecule has 3 heterocycles. The van der Waals surface area contributed by atoms with Gasteiger partial charge in [0.2, 0.25) is 0 Å². The number of rotatable bonds is 7. The van der Waals surface area contributed by atoms with Crippen LogP contribution in [0.2, 0.25) is 10.0 Å². The molecule has 4 aromatic rings. The number of anilines is 3. The Morgan fingerprint density at radius 1 is 1.05 bits per heavy atom. The molecule has 1 unspecified atom stereocenters. The molecular weight excluding hydrogens is 593 g/mol. The monoisotopic (exact) mass is 620 g/mol. The molecule has 1 saturated heterocycles. The van der Waals surface area contributed by atoms with E-state index >= 15 is 0 Å². The van der Waals surface area contributed by atoms with Gasteiger partial charge in [-0.2, -0.15) is 5.26 Å². The van der Waals surface area contributed by atoms with Crippen molar-refractivity contribution < 1.29 is 8.78 Å². The van der Waals surface area contributed by atoms with Crippen LogP contribution in [0.3, 0.4) is 0 Å². The lowest BCUT2D eigenvalue weighted by atomic mass is 9.98. The molecule has 1 atom stereocenters. The quantitative estimate of drug-likeness (QED) is 0.154. The van der Waals surface area contributed by atoms with Crippen LogP contribution in [0.5, 0.6) is 0 Å². The van der Waals surface area contributed by atoms with Gasteiger partial charge in [0.05, 0.1) is 38.6 Å². The summed E-state index contributed by atoms with van der Waals surface area (Å²) in [5.41, 5.74) is 11.4. The minimum atomic E-state index is -0.549. The van der Waals surface area contributed by atoms with Gasteiger partial charge in [-0.05, 0) is 86.4 Å². The van der Waals surface area contributed by atoms with Crippen molar-refractivity contribution in [3.05, 3.63) is 105 Å². The highest BCUT2D eigenvalue weighted by atomic mass is 35.5. The van der Waals surface area contributed by atoms with E-state index in [1.165, 1.54) is 36.5 Å². The van der Waals surface area contributed by atoms with Crippen LogP contribution >= 0.6 is 23.2 Å². The molecule has 0 spiro atoms. The Morgan fingerprint density at radius 2 is 1.84 bits per heavy atom. The molecule has 0 bridgehead atoms. The number of aryl methyl sites for hydroxylation is 1. The third-order valence-electron chi connectivity index (χ3n) is 7.71. The van der Waals surface area contributed by atoms with Gasteiger partial charge in [0.1, 0.15) is 17.7 Å². The number of nitrogens with one attached hydrogen (secondary N) is 5. The van der Waals surface area contributed by atoms with Gasteiger partial charge >= 0.3 is 0 Å². The Balaban J connectivity index is 1.41. The molecule has 2 aliphatic rings.